The summed E-state index contributed by atoms with van der Waals surface area (Å²) < 4.78 is 0. The van der Waals surface area contributed by atoms with Crippen molar-refractivity contribution in [3.05, 3.63) is 47.5 Å². The average Bonchev–Trinajstić information content (AvgIpc) is 2.74. The molecule has 0 aliphatic carbocycles. The third kappa shape index (κ3) is 1.74. The second kappa shape index (κ2) is 3.57. The fraction of sp³-hybridized carbons (Fsp3) is 0.0909. The van der Waals surface area contributed by atoms with Crippen LogP contribution in [0.15, 0.2) is 30.7 Å². The highest BCUT2D eigenvalue weighted by Gasteiger charge is 2.10. The molecule has 0 bridgehead atoms. The molecule has 2 aromatic rings. The summed E-state index contributed by atoms with van der Waals surface area (Å²) >= 11 is 0. The smallest absolute Gasteiger partial charge is 0.210 e. The van der Waals surface area contributed by atoms with Crippen LogP contribution in [0.3, 0.4) is 0 Å². The number of rotatable bonds is 2. The molecule has 2 rings (SSSR count). The first-order valence-corrected chi connectivity index (χ1v) is 4.57. The SMILES string of the molecule is Cc1ccc(C(=O)c2cnc[nH]2)cc1N. The Morgan fingerprint density at radius 3 is 2.87 bits per heavy atom. The Morgan fingerprint density at radius 2 is 2.27 bits per heavy atom. The van der Waals surface area contributed by atoms with Gasteiger partial charge in [0.05, 0.1) is 12.5 Å². The van der Waals surface area contributed by atoms with E-state index in [9.17, 15) is 4.79 Å². The van der Waals surface area contributed by atoms with Crippen LogP contribution in [0.5, 0.6) is 0 Å². The van der Waals surface area contributed by atoms with Crippen LogP contribution < -0.4 is 5.73 Å². The van der Waals surface area contributed by atoms with Crippen molar-refractivity contribution in [2.24, 2.45) is 0 Å². The number of nitrogens with one attached hydrogen (secondary N) is 1. The summed E-state index contributed by atoms with van der Waals surface area (Å²) in [4.78, 5) is 18.4. The van der Waals surface area contributed by atoms with Crippen molar-refractivity contribution >= 4 is 11.5 Å². The molecule has 0 radical (unpaired) electrons. The first-order chi connectivity index (χ1) is 7.18. The van der Waals surface area contributed by atoms with Gasteiger partial charge in [0.25, 0.3) is 0 Å². The number of ketones is 1. The van der Waals surface area contributed by atoms with Crippen LogP contribution in [-0.2, 0) is 0 Å². The minimum Gasteiger partial charge on any atom is -0.398 e. The van der Waals surface area contributed by atoms with Gasteiger partial charge in [0.15, 0.2) is 0 Å². The zero-order valence-corrected chi connectivity index (χ0v) is 8.32. The lowest BCUT2D eigenvalue weighted by Gasteiger charge is -2.02. The highest BCUT2D eigenvalue weighted by molar-refractivity contribution is 6.08. The number of carbonyl (C=O) groups is 1. The predicted octanol–water partition coefficient (Wildman–Crippen LogP) is 1.53. The molecule has 1 aromatic heterocycles. The summed E-state index contributed by atoms with van der Waals surface area (Å²) in [6, 6.07) is 5.27. The molecule has 0 aliphatic rings. The van der Waals surface area contributed by atoms with Crippen molar-refractivity contribution in [1.82, 2.24) is 9.97 Å². The van der Waals surface area contributed by atoms with E-state index in [1.165, 1.54) is 12.5 Å². The first-order valence-electron chi connectivity index (χ1n) is 4.57. The highest BCUT2D eigenvalue weighted by atomic mass is 16.1. The van der Waals surface area contributed by atoms with Gasteiger partial charge in [-0.1, -0.05) is 12.1 Å². The summed E-state index contributed by atoms with van der Waals surface area (Å²) in [5.41, 5.74) is 8.37. The van der Waals surface area contributed by atoms with Gasteiger partial charge in [0.2, 0.25) is 5.78 Å². The Morgan fingerprint density at radius 1 is 1.47 bits per heavy atom. The second-order valence-corrected chi connectivity index (χ2v) is 3.37. The van der Waals surface area contributed by atoms with Crippen LogP contribution in [-0.4, -0.2) is 15.8 Å². The van der Waals surface area contributed by atoms with E-state index in [-0.39, 0.29) is 5.78 Å². The summed E-state index contributed by atoms with van der Waals surface area (Å²) in [6.45, 7) is 1.90. The van der Waals surface area contributed by atoms with Gasteiger partial charge in [-0.25, -0.2) is 4.98 Å². The standard InChI is InChI=1S/C11H11N3O/c1-7-2-3-8(4-9(7)12)11(15)10-5-13-6-14-10/h2-6H,12H2,1H3,(H,13,14). The second-order valence-electron chi connectivity index (χ2n) is 3.37. The van der Waals surface area contributed by atoms with Gasteiger partial charge in [0.1, 0.15) is 5.69 Å². The van der Waals surface area contributed by atoms with E-state index in [4.69, 9.17) is 5.73 Å². The number of nitrogens with two attached hydrogens (primary N) is 1. The summed E-state index contributed by atoms with van der Waals surface area (Å²) in [7, 11) is 0. The van der Waals surface area contributed by atoms with Crippen LogP contribution in [0.2, 0.25) is 0 Å². The number of nitrogens with zero attached hydrogens (tertiary/aromatic N) is 1. The molecule has 0 saturated heterocycles. The van der Waals surface area contributed by atoms with Crippen LogP contribution in [0.4, 0.5) is 5.69 Å². The number of aromatic nitrogens is 2. The van der Waals surface area contributed by atoms with Crippen molar-refractivity contribution < 1.29 is 4.79 Å². The fourth-order valence-electron chi connectivity index (χ4n) is 1.32. The lowest BCUT2D eigenvalue weighted by atomic mass is 10.1. The number of anilines is 1. The number of aryl methyl sites for hydroxylation is 1. The minimum atomic E-state index is -0.0980. The maximum absolute atomic E-state index is 11.8. The molecular weight excluding hydrogens is 190 g/mol. The third-order valence-electron chi connectivity index (χ3n) is 2.28. The summed E-state index contributed by atoms with van der Waals surface area (Å²) in [5.74, 6) is -0.0980. The molecule has 1 aromatic carbocycles. The molecule has 4 nitrogen and oxygen atoms in total. The largest absolute Gasteiger partial charge is 0.398 e. The number of benzene rings is 1. The number of nitrogen functional groups attached to an aromatic ring is 1. The van der Waals surface area contributed by atoms with E-state index in [0.29, 0.717) is 16.9 Å². The number of hydrogen-bond donors (Lipinski definition) is 2. The van der Waals surface area contributed by atoms with Crippen LogP contribution in [0.25, 0.3) is 0 Å². The normalized spacial score (nSPS) is 10.2. The van der Waals surface area contributed by atoms with Gasteiger partial charge < -0.3 is 10.7 Å². The quantitative estimate of drug-likeness (QED) is 0.571. The Kier molecular flexibility index (Phi) is 2.25. The monoisotopic (exact) mass is 201 g/mol. The Labute approximate surface area is 87.1 Å². The zero-order valence-electron chi connectivity index (χ0n) is 8.32. The first kappa shape index (κ1) is 9.45. The third-order valence-corrected chi connectivity index (χ3v) is 2.28. The van der Waals surface area contributed by atoms with E-state index in [1.54, 1.807) is 12.1 Å². The van der Waals surface area contributed by atoms with E-state index >= 15 is 0 Å². The minimum absolute atomic E-state index is 0.0980. The number of aromatic amines is 1. The molecule has 0 unspecified atom stereocenters. The van der Waals surface area contributed by atoms with Crippen molar-refractivity contribution in [2.45, 2.75) is 6.92 Å². The molecule has 0 aliphatic heterocycles. The van der Waals surface area contributed by atoms with Gasteiger partial charge >= 0.3 is 0 Å². The molecule has 0 spiro atoms. The number of carbonyl (C=O) groups excluding carboxylic acids is 1. The molecular formula is C11H11N3O. The molecule has 0 saturated carbocycles. The fourth-order valence-corrected chi connectivity index (χ4v) is 1.32. The predicted molar refractivity (Wildman–Crippen MR) is 57.6 cm³/mol. The Hall–Kier alpha value is -2.10. The van der Waals surface area contributed by atoms with Gasteiger partial charge in [-0.3, -0.25) is 4.79 Å². The van der Waals surface area contributed by atoms with Gasteiger partial charge in [-0.15, -0.1) is 0 Å². The molecule has 1 heterocycles. The zero-order chi connectivity index (χ0) is 10.8. The van der Waals surface area contributed by atoms with Crippen LogP contribution in [0, 0.1) is 6.92 Å². The maximum Gasteiger partial charge on any atom is 0.210 e. The van der Waals surface area contributed by atoms with Crippen molar-refractivity contribution in [2.75, 3.05) is 5.73 Å². The van der Waals surface area contributed by atoms with Gasteiger partial charge in [0, 0.05) is 11.3 Å². The molecule has 0 fully saturated rings. The maximum atomic E-state index is 11.8. The number of H-pyrrole nitrogens is 1. The summed E-state index contributed by atoms with van der Waals surface area (Å²) in [6.07, 6.45) is 2.98. The van der Waals surface area contributed by atoms with E-state index < -0.39 is 0 Å². The molecule has 0 amide bonds. The van der Waals surface area contributed by atoms with Crippen LogP contribution >= 0.6 is 0 Å². The van der Waals surface area contributed by atoms with Crippen molar-refractivity contribution in [1.29, 1.82) is 0 Å². The Balaban J connectivity index is 2.39. The van der Waals surface area contributed by atoms with E-state index in [1.807, 2.05) is 13.0 Å². The molecule has 15 heavy (non-hydrogen) atoms. The van der Waals surface area contributed by atoms with Crippen LogP contribution in [0.1, 0.15) is 21.6 Å². The number of hydrogen-bond acceptors (Lipinski definition) is 3. The summed E-state index contributed by atoms with van der Waals surface area (Å²) in [5, 5.41) is 0. The molecule has 3 N–H and O–H groups in total. The Bertz CT molecular complexity index is 489. The van der Waals surface area contributed by atoms with E-state index in [0.717, 1.165) is 5.56 Å². The highest BCUT2D eigenvalue weighted by Crippen LogP contribution is 2.15. The number of imidazole rings is 1. The van der Waals surface area contributed by atoms with Gasteiger partial charge in [-0.05, 0) is 18.6 Å². The molecule has 76 valence electrons. The van der Waals surface area contributed by atoms with Crippen molar-refractivity contribution in [3.8, 4) is 0 Å². The molecule has 4 heteroatoms. The average molecular weight is 201 g/mol. The lowest BCUT2D eigenvalue weighted by Crippen LogP contribution is -2.03. The van der Waals surface area contributed by atoms with E-state index in [2.05, 4.69) is 9.97 Å². The lowest BCUT2D eigenvalue weighted by molar-refractivity contribution is 0.103. The van der Waals surface area contributed by atoms with Gasteiger partial charge in [-0.2, -0.15) is 0 Å². The topological polar surface area (TPSA) is 71.8 Å². The molecule has 0 atom stereocenters. The van der Waals surface area contributed by atoms with Crippen molar-refractivity contribution in [3.63, 3.8) is 0 Å².